The van der Waals surface area contributed by atoms with Crippen LogP contribution < -0.4 is 0 Å². The van der Waals surface area contributed by atoms with Crippen LogP contribution >= 0.6 is 23.6 Å². The molecule has 0 aromatic carbocycles. The Kier molecular flexibility index (Phi) is 3.64. The Balaban J connectivity index is 2.38. The Morgan fingerprint density at radius 3 is 2.89 bits per heavy atom. The molecular weight excluding hydrogens is 292 g/mol. The van der Waals surface area contributed by atoms with Crippen molar-refractivity contribution >= 4 is 33.4 Å². The highest BCUT2D eigenvalue weighted by atomic mass is 32.2. The van der Waals surface area contributed by atoms with E-state index in [1.54, 1.807) is 6.20 Å². The fourth-order valence-corrected chi connectivity index (χ4v) is 3.88. The molecule has 1 N–H and O–H groups in total. The summed E-state index contributed by atoms with van der Waals surface area (Å²) in [5.74, 6) is 0.648. The largest absolute Gasteiger partial charge is 0.300 e. The van der Waals surface area contributed by atoms with Crippen LogP contribution in [0.5, 0.6) is 0 Å². The molecule has 0 radical (unpaired) electrons. The summed E-state index contributed by atoms with van der Waals surface area (Å²) < 4.78 is 24.8. The minimum absolute atomic E-state index is 0.0467. The number of sulfone groups is 1. The first-order chi connectivity index (χ1) is 8.40. The normalized spacial score (nSPS) is 11.9. The van der Waals surface area contributed by atoms with Crippen molar-refractivity contribution in [1.29, 1.82) is 0 Å². The van der Waals surface area contributed by atoms with E-state index in [9.17, 15) is 8.42 Å². The summed E-state index contributed by atoms with van der Waals surface area (Å²) >= 11 is 6.42. The number of hydrogen-bond donors (Lipinski definition) is 1. The monoisotopic (exact) mass is 304 g/mol. The van der Waals surface area contributed by atoms with Crippen molar-refractivity contribution in [2.75, 3.05) is 6.26 Å². The lowest BCUT2D eigenvalue weighted by molar-refractivity contribution is 0.601. The molecule has 0 saturated heterocycles. The van der Waals surface area contributed by atoms with Crippen LogP contribution in [0.15, 0.2) is 6.20 Å². The molecule has 0 aliphatic heterocycles. The van der Waals surface area contributed by atoms with Gasteiger partial charge >= 0.3 is 0 Å². The van der Waals surface area contributed by atoms with Gasteiger partial charge in [0.05, 0.1) is 4.88 Å². The van der Waals surface area contributed by atoms with Crippen molar-refractivity contribution in [3.8, 4) is 10.7 Å². The van der Waals surface area contributed by atoms with Crippen LogP contribution in [0.3, 0.4) is 0 Å². The predicted octanol–water partition coefficient (Wildman–Crippen LogP) is 1.63. The molecule has 0 atom stereocenters. The van der Waals surface area contributed by atoms with E-state index in [0.717, 1.165) is 4.88 Å². The maximum atomic E-state index is 11.2. The van der Waals surface area contributed by atoms with Gasteiger partial charge in [-0.15, -0.1) is 11.3 Å². The molecule has 2 rings (SSSR count). The van der Waals surface area contributed by atoms with Gasteiger partial charge in [0.25, 0.3) is 0 Å². The number of aromatic amines is 1. The lowest BCUT2D eigenvalue weighted by Gasteiger charge is -1.99. The average molecular weight is 304 g/mol. The summed E-state index contributed by atoms with van der Waals surface area (Å²) in [5, 5.41) is 7.41. The molecular formula is C9H12N4O2S3. The van der Waals surface area contributed by atoms with Crippen molar-refractivity contribution in [2.24, 2.45) is 0 Å². The van der Waals surface area contributed by atoms with E-state index in [0.29, 0.717) is 22.1 Å². The number of nitrogens with zero attached hydrogens (tertiary/aromatic N) is 3. The number of hydrogen-bond acceptors (Lipinski definition) is 6. The van der Waals surface area contributed by atoms with Gasteiger partial charge in [0.1, 0.15) is 10.8 Å². The van der Waals surface area contributed by atoms with E-state index in [1.807, 2.05) is 11.5 Å². The van der Waals surface area contributed by atoms with E-state index in [4.69, 9.17) is 12.2 Å². The highest BCUT2D eigenvalue weighted by Crippen LogP contribution is 2.25. The molecule has 6 nitrogen and oxygen atoms in total. The number of rotatable bonds is 4. The zero-order chi connectivity index (χ0) is 13.3. The Morgan fingerprint density at radius 2 is 2.28 bits per heavy atom. The molecule has 2 aromatic heterocycles. The first-order valence-electron chi connectivity index (χ1n) is 5.18. The Hall–Kier alpha value is -1.06. The topological polar surface area (TPSA) is 80.6 Å². The lowest BCUT2D eigenvalue weighted by atomic mass is 10.5. The van der Waals surface area contributed by atoms with Gasteiger partial charge in [0.2, 0.25) is 0 Å². The van der Waals surface area contributed by atoms with Gasteiger partial charge in [-0.25, -0.2) is 13.4 Å². The predicted molar refractivity (Wildman–Crippen MR) is 72.7 cm³/mol. The van der Waals surface area contributed by atoms with Crippen LogP contribution in [-0.4, -0.2) is 34.4 Å². The van der Waals surface area contributed by atoms with E-state index in [-0.39, 0.29) is 5.75 Å². The Morgan fingerprint density at radius 1 is 1.56 bits per heavy atom. The number of aromatic nitrogens is 4. The first kappa shape index (κ1) is 13.4. The molecule has 0 aliphatic carbocycles. The zero-order valence-corrected chi connectivity index (χ0v) is 12.3. The molecule has 0 fully saturated rings. The molecule has 0 saturated carbocycles. The number of H-pyrrole nitrogens is 1. The summed E-state index contributed by atoms with van der Waals surface area (Å²) in [6, 6.07) is 0. The summed E-state index contributed by atoms with van der Waals surface area (Å²) in [7, 11) is -3.06. The van der Waals surface area contributed by atoms with Crippen LogP contribution in [0.1, 0.15) is 11.9 Å². The molecule has 18 heavy (non-hydrogen) atoms. The molecule has 0 spiro atoms. The smallest absolute Gasteiger partial charge is 0.195 e. The SMILES string of the molecule is CCn1c(-c2cnc(CS(C)(=O)=O)s2)n[nH]c1=S. The lowest BCUT2D eigenvalue weighted by Crippen LogP contribution is -1.99. The van der Waals surface area contributed by atoms with Crippen molar-refractivity contribution in [3.63, 3.8) is 0 Å². The van der Waals surface area contributed by atoms with Crippen LogP contribution in [0.4, 0.5) is 0 Å². The maximum Gasteiger partial charge on any atom is 0.195 e. The van der Waals surface area contributed by atoms with Crippen molar-refractivity contribution in [3.05, 3.63) is 16.0 Å². The van der Waals surface area contributed by atoms with Gasteiger partial charge in [-0.05, 0) is 19.1 Å². The Bertz CT molecular complexity index is 710. The molecule has 0 bridgehead atoms. The minimum atomic E-state index is -3.06. The zero-order valence-electron chi connectivity index (χ0n) is 9.87. The van der Waals surface area contributed by atoms with Gasteiger partial charge in [-0.1, -0.05) is 0 Å². The van der Waals surface area contributed by atoms with Gasteiger partial charge in [0, 0.05) is 19.0 Å². The second-order valence-corrected chi connectivity index (χ2v) is 7.43. The molecule has 2 heterocycles. The van der Waals surface area contributed by atoms with E-state index in [1.165, 1.54) is 17.6 Å². The molecule has 0 aliphatic rings. The second-order valence-electron chi connectivity index (χ2n) is 3.78. The number of thiazole rings is 1. The molecule has 0 amide bonds. The van der Waals surface area contributed by atoms with Crippen molar-refractivity contribution in [2.45, 2.75) is 19.2 Å². The highest BCUT2D eigenvalue weighted by molar-refractivity contribution is 7.90. The molecule has 9 heteroatoms. The average Bonchev–Trinajstić information content (AvgIpc) is 2.82. The van der Waals surface area contributed by atoms with Crippen LogP contribution in [-0.2, 0) is 22.1 Å². The minimum Gasteiger partial charge on any atom is -0.300 e. The molecule has 98 valence electrons. The highest BCUT2D eigenvalue weighted by Gasteiger charge is 2.14. The van der Waals surface area contributed by atoms with Crippen LogP contribution in [0, 0.1) is 4.77 Å². The first-order valence-corrected chi connectivity index (χ1v) is 8.47. The van der Waals surface area contributed by atoms with Gasteiger partial charge in [-0.2, -0.15) is 5.10 Å². The summed E-state index contributed by atoms with van der Waals surface area (Å²) in [6.07, 6.45) is 2.82. The van der Waals surface area contributed by atoms with Crippen molar-refractivity contribution in [1.82, 2.24) is 19.7 Å². The summed E-state index contributed by atoms with van der Waals surface area (Å²) in [6.45, 7) is 2.66. The van der Waals surface area contributed by atoms with Crippen LogP contribution in [0.25, 0.3) is 10.7 Å². The molecule has 2 aromatic rings. The fraction of sp³-hybridized carbons (Fsp3) is 0.444. The van der Waals surface area contributed by atoms with E-state index in [2.05, 4.69) is 15.2 Å². The third kappa shape index (κ3) is 2.85. The summed E-state index contributed by atoms with van der Waals surface area (Å²) in [4.78, 5) is 4.91. The Labute approximate surface area is 114 Å². The van der Waals surface area contributed by atoms with Gasteiger partial charge < -0.3 is 0 Å². The van der Waals surface area contributed by atoms with Crippen molar-refractivity contribution < 1.29 is 8.42 Å². The third-order valence-electron chi connectivity index (χ3n) is 2.23. The van der Waals surface area contributed by atoms with E-state index < -0.39 is 9.84 Å². The summed E-state index contributed by atoms with van der Waals surface area (Å²) in [5.41, 5.74) is 0. The van der Waals surface area contributed by atoms with Gasteiger partial charge in [0.15, 0.2) is 20.4 Å². The van der Waals surface area contributed by atoms with E-state index >= 15 is 0 Å². The quantitative estimate of drug-likeness (QED) is 0.868. The second kappa shape index (κ2) is 4.90. The fourth-order valence-electron chi connectivity index (χ4n) is 1.50. The van der Waals surface area contributed by atoms with Gasteiger partial charge in [-0.3, -0.25) is 9.67 Å². The number of nitrogens with one attached hydrogen (secondary N) is 1. The maximum absolute atomic E-state index is 11.2. The van der Waals surface area contributed by atoms with Crippen LogP contribution in [0.2, 0.25) is 0 Å². The standard InChI is InChI=1S/C9H12N4O2S3/c1-3-13-8(11-12-9(13)16)6-4-10-7(17-6)5-18(2,14)15/h4H,3,5H2,1-2H3,(H,12,16). The molecule has 0 unspecified atom stereocenters. The third-order valence-corrected chi connectivity index (χ3v) is 4.52.